The summed E-state index contributed by atoms with van der Waals surface area (Å²) in [4.78, 5) is 6.54. The summed E-state index contributed by atoms with van der Waals surface area (Å²) in [7, 11) is 0. The Balaban J connectivity index is 0.982. The minimum absolute atomic E-state index is 0.303. The fourth-order valence-electron chi connectivity index (χ4n) is 9.64. The van der Waals surface area contributed by atoms with E-state index in [4.69, 9.17) is 0 Å². The van der Waals surface area contributed by atoms with Crippen LogP contribution in [-0.2, 0) is 0 Å². The molecular weight excluding hydrogens is 819 g/mol. The van der Waals surface area contributed by atoms with Gasteiger partial charge in [-0.3, -0.25) is 0 Å². The molecule has 1 aliphatic rings. The Bertz CT molecular complexity index is 3620. The first-order valence-electron chi connectivity index (χ1n) is 21.7. The van der Waals surface area contributed by atoms with Gasteiger partial charge in [0.15, 0.2) is 0 Å². The van der Waals surface area contributed by atoms with E-state index in [1.54, 1.807) is 36.0 Å². The van der Waals surface area contributed by atoms with Crippen molar-refractivity contribution in [2.75, 3.05) is 9.80 Å². The molecule has 0 aromatic heterocycles. The van der Waals surface area contributed by atoms with Crippen molar-refractivity contribution in [2.24, 2.45) is 0 Å². The molecule has 0 N–H and O–H groups in total. The zero-order chi connectivity index (χ0) is 43.4. The highest BCUT2D eigenvalue weighted by molar-refractivity contribution is 7.99. The zero-order valence-corrected chi connectivity index (χ0v) is 35.8. The molecule has 12 rings (SSSR count). The maximum Gasteiger partial charge on any atom is 0.125 e. The van der Waals surface area contributed by atoms with Crippen LogP contribution in [0.1, 0.15) is 0 Å². The minimum Gasteiger partial charge on any atom is -0.310 e. The van der Waals surface area contributed by atoms with Crippen LogP contribution in [0.5, 0.6) is 0 Å². The van der Waals surface area contributed by atoms with Crippen LogP contribution in [-0.4, -0.2) is 0 Å². The van der Waals surface area contributed by atoms with Gasteiger partial charge in [-0.1, -0.05) is 157 Å². The molecule has 0 fully saturated rings. The molecular formula is C60H38F2N2S. The third-order valence-corrected chi connectivity index (χ3v) is 13.6. The molecule has 1 heterocycles. The van der Waals surface area contributed by atoms with E-state index in [9.17, 15) is 0 Å². The summed E-state index contributed by atoms with van der Waals surface area (Å²) in [6.45, 7) is 0. The van der Waals surface area contributed by atoms with Crippen LogP contribution in [0.2, 0.25) is 0 Å². The van der Waals surface area contributed by atoms with E-state index in [0.717, 1.165) is 110 Å². The first-order valence-corrected chi connectivity index (χ1v) is 22.5. The Morgan fingerprint density at radius 2 is 0.815 bits per heavy atom. The Morgan fingerprint density at radius 1 is 0.308 bits per heavy atom. The Hall–Kier alpha value is -7.99. The third-order valence-electron chi connectivity index (χ3n) is 12.5. The number of anilines is 6. The quantitative estimate of drug-likeness (QED) is 0.150. The van der Waals surface area contributed by atoms with Crippen molar-refractivity contribution < 1.29 is 8.78 Å². The number of benzene rings is 11. The molecule has 1 aliphatic heterocycles. The summed E-state index contributed by atoms with van der Waals surface area (Å²) < 4.78 is 31.9. The highest BCUT2D eigenvalue weighted by Crippen LogP contribution is 2.53. The summed E-state index contributed by atoms with van der Waals surface area (Å²) in [6, 6.07) is 77.3. The molecule has 0 unspecified atom stereocenters. The van der Waals surface area contributed by atoms with Crippen molar-refractivity contribution in [3.63, 3.8) is 0 Å². The molecule has 65 heavy (non-hydrogen) atoms. The second kappa shape index (κ2) is 16.0. The first-order chi connectivity index (χ1) is 32.0. The van der Waals surface area contributed by atoms with Gasteiger partial charge in [0.1, 0.15) is 11.6 Å². The molecule has 11 aromatic rings. The van der Waals surface area contributed by atoms with Crippen LogP contribution >= 0.6 is 11.8 Å². The zero-order valence-electron chi connectivity index (χ0n) is 35.0. The van der Waals surface area contributed by atoms with E-state index in [0.29, 0.717) is 0 Å². The van der Waals surface area contributed by atoms with Gasteiger partial charge in [0.2, 0.25) is 0 Å². The SMILES string of the molecule is Fc1cc(-c2cccc3ccccc23)cc(N(c2ccccc2)c2ccc3c(c2)Sc2cccc4c(N(c5ccccc5)c5cc(F)cc(-c6cccc7ccccc67)c5)ccc-3c24)c1. The summed E-state index contributed by atoms with van der Waals surface area (Å²) in [5, 5.41) is 6.58. The smallest absolute Gasteiger partial charge is 0.125 e. The monoisotopic (exact) mass is 856 g/mol. The second-order valence-electron chi connectivity index (χ2n) is 16.4. The van der Waals surface area contributed by atoms with Crippen molar-refractivity contribution in [3.05, 3.63) is 242 Å². The molecule has 0 radical (unpaired) electrons. The lowest BCUT2D eigenvalue weighted by molar-refractivity contribution is 0.628. The van der Waals surface area contributed by atoms with Crippen molar-refractivity contribution in [3.8, 4) is 33.4 Å². The standard InChI is InChI=1S/C60H38F2N2S/c61-43-32-41(52-24-11-16-39-14-7-9-22-50(39)52)34-48(36-43)63(45-18-3-1-4-19-45)47-28-29-54-55-30-31-57(56-26-13-27-58(60(55)56)65-59(54)38-47)64(46-20-5-2-6-21-46)49-35-42(33-44(62)37-49)53-25-12-17-40-15-8-10-23-51(40)53/h1-38H. The predicted octanol–water partition coefficient (Wildman–Crippen LogP) is 17.8. The number of hydrogen-bond acceptors (Lipinski definition) is 3. The maximum absolute atomic E-state index is 16.0. The van der Waals surface area contributed by atoms with Gasteiger partial charge in [-0.15, -0.1) is 0 Å². The molecule has 0 amide bonds. The fraction of sp³-hybridized carbons (Fsp3) is 0. The molecule has 308 valence electrons. The minimum atomic E-state index is -0.304. The van der Waals surface area contributed by atoms with Gasteiger partial charge < -0.3 is 9.80 Å². The van der Waals surface area contributed by atoms with Gasteiger partial charge in [-0.05, 0) is 140 Å². The average molecular weight is 857 g/mol. The van der Waals surface area contributed by atoms with E-state index in [1.807, 2.05) is 72.8 Å². The predicted molar refractivity (Wildman–Crippen MR) is 269 cm³/mol. The molecule has 0 spiro atoms. The van der Waals surface area contributed by atoms with Crippen LogP contribution in [0.25, 0.3) is 65.7 Å². The van der Waals surface area contributed by atoms with E-state index in [1.165, 1.54) is 0 Å². The van der Waals surface area contributed by atoms with E-state index >= 15 is 8.78 Å². The van der Waals surface area contributed by atoms with Gasteiger partial charge >= 0.3 is 0 Å². The molecule has 5 heteroatoms. The van der Waals surface area contributed by atoms with Gasteiger partial charge in [-0.2, -0.15) is 0 Å². The van der Waals surface area contributed by atoms with Gasteiger partial charge in [0, 0.05) is 49.0 Å². The van der Waals surface area contributed by atoms with Crippen molar-refractivity contribution >= 4 is 78.2 Å². The number of nitrogens with zero attached hydrogens (tertiary/aromatic N) is 2. The average Bonchev–Trinajstić information content (AvgIpc) is 3.34. The highest BCUT2D eigenvalue weighted by Gasteiger charge is 2.26. The van der Waals surface area contributed by atoms with Gasteiger partial charge in [-0.25, -0.2) is 8.78 Å². The van der Waals surface area contributed by atoms with Crippen LogP contribution in [0.3, 0.4) is 0 Å². The molecule has 0 atom stereocenters. The number of rotatable bonds is 8. The summed E-state index contributed by atoms with van der Waals surface area (Å²) in [5.74, 6) is -0.607. The Morgan fingerprint density at radius 3 is 1.45 bits per heavy atom. The number of fused-ring (bicyclic) bond motifs is 4. The van der Waals surface area contributed by atoms with Crippen LogP contribution < -0.4 is 9.80 Å². The van der Waals surface area contributed by atoms with Gasteiger partial charge in [0.05, 0.1) is 5.69 Å². The third kappa shape index (κ3) is 6.89. The molecule has 2 nitrogen and oxygen atoms in total. The van der Waals surface area contributed by atoms with Crippen LogP contribution in [0, 0.1) is 11.6 Å². The lowest BCUT2D eigenvalue weighted by atomic mass is 9.94. The Kier molecular flexibility index (Phi) is 9.50. The van der Waals surface area contributed by atoms with E-state index in [-0.39, 0.29) is 11.6 Å². The van der Waals surface area contributed by atoms with E-state index < -0.39 is 0 Å². The van der Waals surface area contributed by atoms with Crippen molar-refractivity contribution in [1.29, 1.82) is 0 Å². The van der Waals surface area contributed by atoms with Crippen LogP contribution in [0.15, 0.2) is 240 Å². The molecule has 0 bridgehead atoms. The first kappa shape index (κ1) is 38.7. The van der Waals surface area contributed by atoms with E-state index in [2.05, 4.69) is 143 Å². The van der Waals surface area contributed by atoms with Crippen molar-refractivity contribution in [1.82, 2.24) is 0 Å². The largest absolute Gasteiger partial charge is 0.310 e. The van der Waals surface area contributed by atoms with Gasteiger partial charge in [0.25, 0.3) is 0 Å². The highest BCUT2D eigenvalue weighted by atomic mass is 32.2. The lowest BCUT2D eigenvalue weighted by Gasteiger charge is -2.30. The molecule has 0 saturated heterocycles. The number of hydrogen-bond donors (Lipinski definition) is 0. The molecule has 0 saturated carbocycles. The normalized spacial score (nSPS) is 11.8. The topological polar surface area (TPSA) is 6.48 Å². The molecule has 11 aromatic carbocycles. The van der Waals surface area contributed by atoms with Crippen LogP contribution in [0.4, 0.5) is 42.9 Å². The fourth-order valence-corrected chi connectivity index (χ4v) is 10.8. The summed E-state index contributed by atoms with van der Waals surface area (Å²) in [5.41, 5.74) is 11.0. The Labute approximate surface area is 380 Å². The van der Waals surface area contributed by atoms with Crippen molar-refractivity contribution in [2.45, 2.75) is 9.79 Å². The molecule has 0 aliphatic carbocycles. The summed E-state index contributed by atoms with van der Waals surface area (Å²) in [6.07, 6.45) is 0. The summed E-state index contributed by atoms with van der Waals surface area (Å²) >= 11 is 1.74. The number of halogens is 2. The number of para-hydroxylation sites is 2. The second-order valence-corrected chi connectivity index (χ2v) is 17.5. The lowest BCUT2D eigenvalue weighted by Crippen LogP contribution is -2.12. The maximum atomic E-state index is 16.0.